The van der Waals surface area contributed by atoms with E-state index in [1.165, 1.54) is 19.2 Å². The first kappa shape index (κ1) is 10.4. The maximum absolute atomic E-state index is 10.2. The van der Waals surface area contributed by atoms with Crippen LogP contribution in [-0.4, -0.2) is 13.1 Å². The fourth-order valence-electron chi connectivity index (χ4n) is 0.727. The molecular formula is C8H11NO3. The Kier molecular flexibility index (Phi) is 3.79. The van der Waals surface area contributed by atoms with E-state index in [1.807, 2.05) is 0 Å². The normalized spacial score (nSPS) is 8.42. The molecule has 4 nitrogen and oxygen atoms in total. The second-order valence-electron chi connectivity index (χ2n) is 2.02. The summed E-state index contributed by atoms with van der Waals surface area (Å²) in [5.41, 5.74) is 0.158. The van der Waals surface area contributed by atoms with Crippen molar-refractivity contribution in [3.8, 4) is 5.75 Å². The monoisotopic (exact) mass is 169 g/mol. The third kappa shape index (κ3) is 2.25. The van der Waals surface area contributed by atoms with Crippen LogP contribution in [0.3, 0.4) is 0 Å². The third-order valence-electron chi connectivity index (χ3n) is 1.33. The molecule has 0 spiro atoms. The number of ether oxygens (including phenoxy) is 1. The highest BCUT2D eigenvalue weighted by Gasteiger charge is 1.92. The van der Waals surface area contributed by atoms with Crippen LogP contribution in [0.5, 0.6) is 5.75 Å². The number of carbonyl (C=O) groups is 1. The summed E-state index contributed by atoms with van der Waals surface area (Å²) in [7, 11) is 1.52. The number of methoxy groups -OCH3 is 1. The molecule has 66 valence electrons. The Bertz CT molecular complexity index is 256. The quantitative estimate of drug-likeness (QED) is 0.696. The summed E-state index contributed by atoms with van der Waals surface area (Å²) in [6.07, 6.45) is 0. The number of carboxylic acids is 1. The molecule has 0 aromatic heterocycles. The van der Waals surface area contributed by atoms with E-state index in [-0.39, 0.29) is 11.7 Å². The van der Waals surface area contributed by atoms with Crippen molar-refractivity contribution in [2.24, 2.45) is 0 Å². The van der Waals surface area contributed by atoms with Crippen molar-refractivity contribution in [1.82, 2.24) is 6.15 Å². The van der Waals surface area contributed by atoms with Crippen molar-refractivity contribution in [2.75, 3.05) is 7.11 Å². The first-order valence-electron chi connectivity index (χ1n) is 3.09. The molecule has 0 heterocycles. The molecule has 0 atom stereocenters. The number of quaternary nitrogens is 1. The average molecular weight is 169 g/mol. The standard InChI is InChI=1S/C8H8O3.H3N/c1-11-7-4-2-6(3-5-7)8(9)10;/h2-5H,1H3,(H,9,10);1H3. The summed E-state index contributed by atoms with van der Waals surface area (Å²) in [5.74, 6) is -0.539. The Morgan fingerprint density at radius 1 is 1.33 bits per heavy atom. The van der Waals surface area contributed by atoms with E-state index in [4.69, 9.17) is 4.74 Å². The zero-order valence-corrected chi connectivity index (χ0v) is 7.03. The van der Waals surface area contributed by atoms with Crippen LogP contribution in [-0.2, 0) is 0 Å². The third-order valence-corrected chi connectivity index (χ3v) is 1.33. The van der Waals surface area contributed by atoms with Gasteiger partial charge in [-0.2, -0.15) is 0 Å². The smallest absolute Gasteiger partial charge is 0.118 e. The summed E-state index contributed by atoms with van der Waals surface area (Å²) >= 11 is 0. The van der Waals surface area contributed by atoms with E-state index in [0.717, 1.165) is 0 Å². The van der Waals surface area contributed by atoms with Crippen LogP contribution in [0, 0.1) is 0 Å². The molecule has 0 unspecified atom stereocenters. The van der Waals surface area contributed by atoms with Gasteiger partial charge in [-0.1, -0.05) is 0 Å². The van der Waals surface area contributed by atoms with Crippen LogP contribution in [0.15, 0.2) is 24.3 Å². The molecule has 0 amide bonds. The predicted molar refractivity (Wildman–Crippen MR) is 43.3 cm³/mol. The zero-order chi connectivity index (χ0) is 8.27. The van der Waals surface area contributed by atoms with Crippen LogP contribution in [0.4, 0.5) is 0 Å². The summed E-state index contributed by atoms with van der Waals surface area (Å²) < 4.78 is 4.84. The van der Waals surface area contributed by atoms with Crippen LogP contribution in [0.1, 0.15) is 10.4 Å². The Labute approximate surface area is 70.4 Å². The van der Waals surface area contributed by atoms with Gasteiger partial charge in [-0.15, -0.1) is 0 Å². The van der Waals surface area contributed by atoms with Gasteiger partial charge in [0.2, 0.25) is 0 Å². The summed E-state index contributed by atoms with van der Waals surface area (Å²) in [6, 6.07) is 6.03. The molecular weight excluding hydrogens is 158 g/mol. The minimum atomic E-state index is -1.17. The van der Waals surface area contributed by atoms with Gasteiger partial charge in [0.05, 0.1) is 13.1 Å². The molecule has 0 aliphatic carbocycles. The second-order valence-corrected chi connectivity index (χ2v) is 2.02. The minimum absolute atomic E-state index is 0. The number of hydrogen-bond donors (Lipinski definition) is 1. The van der Waals surface area contributed by atoms with Crippen LogP contribution < -0.4 is 16.0 Å². The zero-order valence-electron chi connectivity index (χ0n) is 7.03. The molecule has 0 aliphatic heterocycles. The highest BCUT2D eigenvalue weighted by molar-refractivity contribution is 5.85. The van der Waals surface area contributed by atoms with E-state index in [1.54, 1.807) is 12.1 Å². The topological polar surface area (TPSA) is 85.9 Å². The first-order chi connectivity index (χ1) is 5.24. The average Bonchev–Trinajstić information content (AvgIpc) is 2.05. The first-order valence-corrected chi connectivity index (χ1v) is 3.09. The number of rotatable bonds is 2. The van der Waals surface area contributed by atoms with Gasteiger partial charge < -0.3 is 20.8 Å². The van der Waals surface area contributed by atoms with Gasteiger partial charge in [0.25, 0.3) is 0 Å². The highest BCUT2D eigenvalue weighted by Crippen LogP contribution is 2.10. The maximum Gasteiger partial charge on any atom is 0.118 e. The van der Waals surface area contributed by atoms with Gasteiger partial charge in [-0.25, -0.2) is 0 Å². The van der Waals surface area contributed by atoms with Gasteiger partial charge in [-0.05, 0) is 29.8 Å². The number of hydrogen-bond acceptors (Lipinski definition) is 3. The molecule has 0 radical (unpaired) electrons. The molecule has 0 saturated carbocycles. The molecule has 4 heteroatoms. The number of benzene rings is 1. The van der Waals surface area contributed by atoms with E-state index in [2.05, 4.69) is 0 Å². The van der Waals surface area contributed by atoms with E-state index in [9.17, 15) is 9.90 Å². The maximum atomic E-state index is 10.2. The number of aromatic carboxylic acids is 1. The minimum Gasteiger partial charge on any atom is -0.545 e. The van der Waals surface area contributed by atoms with E-state index < -0.39 is 5.97 Å². The van der Waals surface area contributed by atoms with Crippen molar-refractivity contribution in [3.63, 3.8) is 0 Å². The highest BCUT2D eigenvalue weighted by atomic mass is 16.5. The molecule has 0 bridgehead atoms. The van der Waals surface area contributed by atoms with Crippen molar-refractivity contribution in [3.05, 3.63) is 29.8 Å². The Morgan fingerprint density at radius 2 is 1.83 bits per heavy atom. The Hall–Kier alpha value is -1.55. The van der Waals surface area contributed by atoms with Crippen LogP contribution >= 0.6 is 0 Å². The summed E-state index contributed by atoms with van der Waals surface area (Å²) in [5, 5.41) is 10.2. The van der Waals surface area contributed by atoms with Gasteiger partial charge in [-0.3, -0.25) is 0 Å². The fraction of sp³-hybridized carbons (Fsp3) is 0.125. The van der Waals surface area contributed by atoms with Crippen molar-refractivity contribution < 1.29 is 14.6 Å². The molecule has 4 N–H and O–H groups in total. The lowest BCUT2D eigenvalue weighted by Crippen LogP contribution is -2.21. The SMILES string of the molecule is COc1ccc(C(=O)[O-])cc1.[NH4+]. The Balaban J connectivity index is 0.00000121. The van der Waals surface area contributed by atoms with Gasteiger partial charge in [0, 0.05) is 0 Å². The van der Waals surface area contributed by atoms with Gasteiger partial charge in [0.1, 0.15) is 5.75 Å². The lowest BCUT2D eigenvalue weighted by atomic mass is 10.2. The van der Waals surface area contributed by atoms with E-state index in [0.29, 0.717) is 5.75 Å². The van der Waals surface area contributed by atoms with Crippen molar-refractivity contribution >= 4 is 5.97 Å². The predicted octanol–water partition coefficient (Wildman–Crippen LogP) is 0.435. The molecule has 1 rings (SSSR count). The molecule has 0 fully saturated rings. The van der Waals surface area contributed by atoms with Gasteiger partial charge >= 0.3 is 0 Å². The molecule has 0 aliphatic rings. The van der Waals surface area contributed by atoms with Gasteiger partial charge in [0.15, 0.2) is 0 Å². The van der Waals surface area contributed by atoms with Crippen LogP contribution in [0.25, 0.3) is 0 Å². The molecule has 0 saturated heterocycles. The molecule has 1 aromatic rings. The molecule has 12 heavy (non-hydrogen) atoms. The number of carboxylic acid groups (broad SMARTS) is 1. The van der Waals surface area contributed by atoms with E-state index >= 15 is 0 Å². The van der Waals surface area contributed by atoms with Crippen molar-refractivity contribution in [2.45, 2.75) is 0 Å². The molecule has 1 aromatic carbocycles. The lowest BCUT2D eigenvalue weighted by Gasteiger charge is -2.02. The summed E-state index contributed by atoms with van der Waals surface area (Å²) in [6.45, 7) is 0. The van der Waals surface area contributed by atoms with Crippen molar-refractivity contribution in [1.29, 1.82) is 0 Å². The lowest BCUT2D eigenvalue weighted by molar-refractivity contribution is -0.255. The number of carbonyl (C=O) groups excluding carboxylic acids is 1. The largest absolute Gasteiger partial charge is 0.545 e. The fourth-order valence-corrected chi connectivity index (χ4v) is 0.727. The second kappa shape index (κ2) is 4.35. The Morgan fingerprint density at radius 3 is 2.17 bits per heavy atom. The summed E-state index contributed by atoms with van der Waals surface area (Å²) in [4.78, 5) is 10.2. The van der Waals surface area contributed by atoms with Crippen LogP contribution in [0.2, 0.25) is 0 Å².